The van der Waals surface area contributed by atoms with E-state index in [1.54, 1.807) is 4.72 Å². The van der Waals surface area contributed by atoms with Crippen molar-refractivity contribution in [2.24, 2.45) is 0 Å². The van der Waals surface area contributed by atoms with E-state index in [-0.39, 0.29) is 18.7 Å². The maximum atomic E-state index is 13.3. The average molecular weight is 316 g/mol. The lowest BCUT2D eigenvalue weighted by Crippen LogP contribution is -2.32. The van der Waals surface area contributed by atoms with Gasteiger partial charge in [-0.15, -0.1) is 0 Å². The molecule has 0 aliphatic heterocycles. The number of phenolic OH excluding ortho intramolecular Hbond substituents is 1. The molecule has 0 bridgehead atoms. The lowest BCUT2D eigenvalue weighted by atomic mass is 10.1. The summed E-state index contributed by atoms with van der Waals surface area (Å²) in [6.45, 7) is 1.60. The smallest absolute Gasteiger partial charge is 0.419 e. The van der Waals surface area contributed by atoms with Crippen LogP contribution in [0.5, 0.6) is 5.75 Å². The van der Waals surface area contributed by atoms with Crippen molar-refractivity contribution in [3.05, 3.63) is 23.5 Å². The van der Waals surface area contributed by atoms with Gasteiger partial charge in [-0.1, -0.05) is 6.92 Å². The number of alkyl halides is 3. The SMILES string of the molecule is CCN(C)S(=O)(=O)Nc1cc(F)c(C(F)(F)F)cc1O. The van der Waals surface area contributed by atoms with Crippen LogP contribution in [0.25, 0.3) is 0 Å². The molecule has 0 heterocycles. The van der Waals surface area contributed by atoms with Gasteiger partial charge in [0.25, 0.3) is 0 Å². The number of hydrogen-bond acceptors (Lipinski definition) is 3. The summed E-state index contributed by atoms with van der Waals surface area (Å²) in [5, 5.41) is 9.38. The van der Waals surface area contributed by atoms with Crippen LogP contribution in [0.3, 0.4) is 0 Å². The summed E-state index contributed by atoms with van der Waals surface area (Å²) in [5.41, 5.74) is -2.35. The Morgan fingerprint density at radius 1 is 1.35 bits per heavy atom. The van der Waals surface area contributed by atoms with Crippen LogP contribution in [0.1, 0.15) is 12.5 Å². The molecule has 114 valence electrons. The Hall–Kier alpha value is -1.55. The van der Waals surface area contributed by atoms with Crippen molar-refractivity contribution in [3.63, 3.8) is 0 Å². The van der Waals surface area contributed by atoms with Gasteiger partial charge in [-0.25, -0.2) is 4.39 Å². The van der Waals surface area contributed by atoms with Crippen LogP contribution < -0.4 is 4.72 Å². The minimum atomic E-state index is -4.99. The monoisotopic (exact) mass is 316 g/mol. The van der Waals surface area contributed by atoms with Crippen LogP contribution in [0, 0.1) is 5.82 Å². The number of phenols is 1. The van der Waals surface area contributed by atoms with Gasteiger partial charge in [0, 0.05) is 19.7 Å². The zero-order valence-electron chi connectivity index (χ0n) is 10.5. The Balaban J connectivity index is 3.21. The van der Waals surface area contributed by atoms with Crippen molar-refractivity contribution in [1.29, 1.82) is 0 Å². The number of nitrogens with zero attached hydrogens (tertiary/aromatic N) is 1. The van der Waals surface area contributed by atoms with E-state index in [0.29, 0.717) is 0 Å². The molecule has 0 radical (unpaired) electrons. The summed E-state index contributed by atoms with van der Waals surface area (Å²) < 4.78 is 76.4. The fraction of sp³-hybridized carbons (Fsp3) is 0.400. The minimum absolute atomic E-state index is 0.0826. The van der Waals surface area contributed by atoms with E-state index in [1.165, 1.54) is 14.0 Å². The highest BCUT2D eigenvalue weighted by Crippen LogP contribution is 2.37. The lowest BCUT2D eigenvalue weighted by molar-refractivity contribution is -0.140. The molecule has 10 heteroatoms. The van der Waals surface area contributed by atoms with E-state index in [1.807, 2.05) is 0 Å². The summed E-state index contributed by atoms with van der Waals surface area (Å²) in [4.78, 5) is 0. The fourth-order valence-electron chi connectivity index (χ4n) is 1.25. The predicted octanol–water partition coefficient (Wildman–Crippen LogP) is 2.16. The van der Waals surface area contributed by atoms with Crippen LogP contribution in [0.4, 0.5) is 23.2 Å². The summed E-state index contributed by atoms with van der Waals surface area (Å²) in [6, 6.07) is 0.401. The van der Waals surface area contributed by atoms with Gasteiger partial charge in [0.1, 0.15) is 11.6 Å². The number of rotatable bonds is 4. The first-order valence-electron chi connectivity index (χ1n) is 5.32. The van der Waals surface area contributed by atoms with E-state index in [9.17, 15) is 31.1 Å². The quantitative estimate of drug-likeness (QED) is 0.660. The number of halogens is 4. The van der Waals surface area contributed by atoms with Gasteiger partial charge >= 0.3 is 16.4 Å². The summed E-state index contributed by atoms with van der Waals surface area (Å²) in [5.74, 6) is -2.71. The number of anilines is 1. The van der Waals surface area contributed by atoms with Crippen molar-refractivity contribution >= 4 is 15.9 Å². The van der Waals surface area contributed by atoms with Crippen molar-refractivity contribution in [2.45, 2.75) is 13.1 Å². The fourth-order valence-corrected chi connectivity index (χ4v) is 2.18. The summed E-state index contributed by atoms with van der Waals surface area (Å²) in [6.07, 6.45) is -4.99. The lowest BCUT2D eigenvalue weighted by Gasteiger charge is -2.18. The molecule has 0 aliphatic rings. The van der Waals surface area contributed by atoms with Crippen LogP contribution in [-0.2, 0) is 16.4 Å². The molecule has 0 saturated carbocycles. The second-order valence-electron chi connectivity index (χ2n) is 3.87. The second-order valence-corrected chi connectivity index (χ2v) is 5.65. The van der Waals surface area contributed by atoms with E-state index in [0.717, 1.165) is 4.31 Å². The maximum absolute atomic E-state index is 13.3. The molecule has 1 rings (SSSR count). The third-order valence-corrected chi connectivity index (χ3v) is 4.04. The van der Waals surface area contributed by atoms with E-state index in [4.69, 9.17) is 0 Å². The molecule has 20 heavy (non-hydrogen) atoms. The van der Waals surface area contributed by atoms with E-state index in [2.05, 4.69) is 0 Å². The zero-order valence-corrected chi connectivity index (χ0v) is 11.3. The first-order valence-corrected chi connectivity index (χ1v) is 6.76. The molecule has 0 unspecified atom stereocenters. The Labute approximate surface area is 113 Å². The Morgan fingerprint density at radius 2 is 1.90 bits per heavy atom. The molecule has 0 fully saturated rings. The average Bonchev–Trinajstić information content (AvgIpc) is 2.30. The normalized spacial score (nSPS) is 12.8. The van der Waals surface area contributed by atoms with Crippen LogP contribution >= 0.6 is 0 Å². The van der Waals surface area contributed by atoms with Crippen LogP contribution in [-0.4, -0.2) is 31.4 Å². The van der Waals surface area contributed by atoms with E-state index >= 15 is 0 Å². The van der Waals surface area contributed by atoms with Crippen LogP contribution in [0.15, 0.2) is 12.1 Å². The molecule has 1 aromatic rings. The Morgan fingerprint density at radius 3 is 2.35 bits per heavy atom. The zero-order chi connectivity index (χ0) is 15.7. The Kier molecular flexibility index (Phi) is 4.49. The standard InChI is InChI=1S/C10H12F4N2O3S/c1-3-16(2)20(18,19)15-8-5-7(11)6(4-9(8)17)10(12,13)14/h4-5,15,17H,3H2,1-2H3. The topological polar surface area (TPSA) is 69.6 Å². The first kappa shape index (κ1) is 16.5. The third kappa shape index (κ3) is 3.51. The highest BCUT2D eigenvalue weighted by Gasteiger charge is 2.35. The van der Waals surface area contributed by atoms with Gasteiger partial charge in [0.15, 0.2) is 0 Å². The molecule has 0 amide bonds. The van der Waals surface area contributed by atoms with Gasteiger partial charge in [-0.2, -0.15) is 25.9 Å². The number of hydrogen-bond donors (Lipinski definition) is 2. The van der Waals surface area contributed by atoms with Gasteiger partial charge in [0.2, 0.25) is 0 Å². The van der Waals surface area contributed by atoms with Crippen molar-refractivity contribution in [3.8, 4) is 5.75 Å². The van der Waals surface area contributed by atoms with Crippen molar-refractivity contribution < 1.29 is 31.1 Å². The van der Waals surface area contributed by atoms with Crippen molar-refractivity contribution in [2.75, 3.05) is 18.3 Å². The second kappa shape index (κ2) is 5.44. The van der Waals surface area contributed by atoms with Gasteiger partial charge < -0.3 is 5.11 Å². The largest absolute Gasteiger partial charge is 0.506 e. The number of nitrogens with one attached hydrogen (secondary N) is 1. The van der Waals surface area contributed by atoms with Gasteiger partial charge in [0.05, 0.1) is 11.3 Å². The van der Waals surface area contributed by atoms with Gasteiger partial charge in [-0.3, -0.25) is 4.72 Å². The van der Waals surface area contributed by atoms with E-state index < -0.39 is 39.2 Å². The molecule has 0 aliphatic carbocycles. The minimum Gasteiger partial charge on any atom is -0.506 e. The van der Waals surface area contributed by atoms with Crippen LogP contribution in [0.2, 0.25) is 0 Å². The molecular formula is C10H12F4N2O3S. The number of benzene rings is 1. The Bertz CT molecular complexity index is 601. The first-order chi connectivity index (χ1) is 8.99. The molecule has 0 aromatic heterocycles. The van der Waals surface area contributed by atoms with Gasteiger partial charge in [-0.05, 0) is 6.07 Å². The molecule has 0 atom stereocenters. The summed E-state index contributed by atoms with van der Waals surface area (Å²) >= 11 is 0. The molecule has 0 saturated heterocycles. The maximum Gasteiger partial charge on any atom is 0.419 e. The number of aromatic hydroxyl groups is 1. The van der Waals surface area contributed by atoms with Crippen molar-refractivity contribution in [1.82, 2.24) is 4.31 Å². The highest BCUT2D eigenvalue weighted by molar-refractivity contribution is 7.90. The molecule has 0 spiro atoms. The third-order valence-electron chi connectivity index (χ3n) is 2.49. The molecule has 2 N–H and O–H groups in total. The molecular weight excluding hydrogens is 304 g/mol. The predicted molar refractivity (Wildman–Crippen MR) is 63.9 cm³/mol. The highest BCUT2D eigenvalue weighted by atomic mass is 32.2. The molecule has 1 aromatic carbocycles. The molecule has 5 nitrogen and oxygen atoms in total. The summed E-state index contributed by atoms with van der Waals surface area (Å²) in [7, 11) is -2.87.